The van der Waals surface area contributed by atoms with E-state index in [-0.39, 0.29) is 5.78 Å². The topological polar surface area (TPSA) is 34.9 Å². The monoisotopic (exact) mass is 242 g/mol. The molecule has 0 saturated carbocycles. The van der Waals surface area contributed by atoms with E-state index in [9.17, 15) is 4.79 Å². The summed E-state index contributed by atoms with van der Waals surface area (Å²) in [6.07, 6.45) is 2.65. The van der Waals surface area contributed by atoms with Crippen LogP contribution in [-0.2, 0) is 6.54 Å². The number of ketones is 1. The average molecular weight is 242 g/mol. The van der Waals surface area contributed by atoms with Crippen molar-refractivity contribution in [2.24, 2.45) is 0 Å². The van der Waals surface area contributed by atoms with Crippen molar-refractivity contribution >= 4 is 5.78 Å². The van der Waals surface area contributed by atoms with Gasteiger partial charge >= 0.3 is 0 Å². The number of aromatic nitrogens is 2. The van der Waals surface area contributed by atoms with Gasteiger partial charge in [-0.3, -0.25) is 9.48 Å². The van der Waals surface area contributed by atoms with Gasteiger partial charge in [0, 0.05) is 18.3 Å². The summed E-state index contributed by atoms with van der Waals surface area (Å²) >= 11 is 0. The number of nitrogens with zero attached hydrogens (tertiary/aromatic N) is 2. The molecule has 0 fully saturated rings. The molecule has 0 amide bonds. The van der Waals surface area contributed by atoms with Gasteiger partial charge in [0.25, 0.3) is 0 Å². The average Bonchev–Trinajstić information content (AvgIpc) is 2.77. The lowest BCUT2D eigenvalue weighted by atomic mass is 10.0. The minimum Gasteiger partial charge on any atom is -0.287 e. The fraction of sp³-hybridized carbons (Fsp3) is 0.333. The van der Waals surface area contributed by atoms with E-state index in [4.69, 9.17) is 0 Å². The summed E-state index contributed by atoms with van der Waals surface area (Å²) in [6, 6.07) is 7.70. The van der Waals surface area contributed by atoms with Crippen molar-refractivity contribution in [1.29, 1.82) is 0 Å². The van der Waals surface area contributed by atoms with E-state index >= 15 is 0 Å². The van der Waals surface area contributed by atoms with Gasteiger partial charge in [-0.25, -0.2) is 0 Å². The number of carbonyl (C=O) groups excluding carboxylic acids is 1. The molecular formula is C15H18N2O. The predicted octanol–water partition coefficient (Wildman–Crippen LogP) is 3.14. The first kappa shape index (κ1) is 12.6. The van der Waals surface area contributed by atoms with Crippen molar-refractivity contribution in [2.75, 3.05) is 0 Å². The minimum atomic E-state index is 0.0541. The lowest BCUT2D eigenvalue weighted by molar-refractivity contribution is 0.102. The highest BCUT2D eigenvalue weighted by Crippen LogP contribution is 2.15. The molecule has 1 aromatic carbocycles. The molecular weight excluding hydrogens is 224 g/mol. The van der Waals surface area contributed by atoms with Crippen LogP contribution in [-0.4, -0.2) is 15.6 Å². The fourth-order valence-electron chi connectivity index (χ4n) is 2.12. The van der Waals surface area contributed by atoms with Crippen LogP contribution in [0.1, 0.15) is 40.5 Å². The molecule has 0 spiro atoms. The first-order valence-corrected chi connectivity index (χ1v) is 6.27. The molecule has 1 heterocycles. The van der Waals surface area contributed by atoms with Crippen molar-refractivity contribution in [3.63, 3.8) is 0 Å². The van der Waals surface area contributed by atoms with Crippen LogP contribution in [0, 0.1) is 13.8 Å². The molecule has 0 aliphatic heterocycles. The zero-order chi connectivity index (χ0) is 13.1. The molecule has 0 aliphatic rings. The maximum absolute atomic E-state index is 12.5. The quantitative estimate of drug-likeness (QED) is 0.772. The molecule has 3 nitrogen and oxygen atoms in total. The van der Waals surface area contributed by atoms with Crippen molar-refractivity contribution in [2.45, 2.75) is 33.7 Å². The molecule has 0 N–H and O–H groups in total. The Morgan fingerprint density at radius 2 is 2.06 bits per heavy atom. The van der Waals surface area contributed by atoms with Crippen LogP contribution >= 0.6 is 0 Å². The largest absolute Gasteiger partial charge is 0.287 e. The van der Waals surface area contributed by atoms with Gasteiger partial charge in [-0.15, -0.1) is 0 Å². The zero-order valence-corrected chi connectivity index (χ0v) is 11.1. The van der Waals surface area contributed by atoms with E-state index in [1.54, 1.807) is 16.9 Å². The van der Waals surface area contributed by atoms with Crippen LogP contribution in [0.25, 0.3) is 0 Å². The van der Waals surface area contributed by atoms with Gasteiger partial charge in [0.2, 0.25) is 5.78 Å². The van der Waals surface area contributed by atoms with Gasteiger partial charge in [0.15, 0.2) is 0 Å². The third kappa shape index (κ3) is 2.35. The van der Waals surface area contributed by atoms with E-state index in [0.717, 1.165) is 24.1 Å². The number of benzene rings is 1. The number of rotatable bonds is 4. The Morgan fingerprint density at radius 1 is 1.28 bits per heavy atom. The summed E-state index contributed by atoms with van der Waals surface area (Å²) in [4.78, 5) is 12.5. The molecule has 0 unspecified atom stereocenters. The lowest BCUT2D eigenvalue weighted by Gasteiger charge is -2.08. The molecule has 2 rings (SSSR count). The van der Waals surface area contributed by atoms with Crippen molar-refractivity contribution in [1.82, 2.24) is 9.78 Å². The molecule has 94 valence electrons. The molecule has 1 aromatic heterocycles. The number of hydrogen-bond donors (Lipinski definition) is 0. The van der Waals surface area contributed by atoms with Gasteiger partial charge in [0.1, 0.15) is 5.69 Å². The second-order valence-corrected chi connectivity index (χ2v) is 4.59. The second-order valence-electron chi connectivity index (χ2n) is 4.59. The van der Waals surface area contributed by atoms with E-state index in [0.29, 0.717) is 5.69 Å². The van der Waals surface area contributed by atoms with E-state index in [1.165, 1.54) is 5.56 Å². The molecule has 0 atom stereocenters. The Hall–Kier alpha value is -1.90. The number of hydrogen-bond acceptors (Lipinski definition) is 2. The van der Waals surface area contributed by atoms with Crippen LogP contribution in [0.5, 0.6) is 0 Å². The van der Waals surface area contributed by atoms with Gasteiger partial charge in [-0.2, -0.15) is 5.10 Å². The predicted molar refractivity (Wildman–Crippen MR) is 71.9 cm³/mol. The Kier molecular flexibility index (Phi) is 3.60. The summed E-state index contributed by atoms with van der Waals surface area (Å²) in [5, 5.41) is 4.20. The molecule has 0 aliphatic carbocycles. The van der Waals surface area contributed by atoms with Crippen molar-refractivity contribution < 1.29 is 4.79 Å². The number of carbonyl (C=O) groups is 1. The van der Waals surface area contributed by atoms with Crippen LogP contribution < -0.4 is 0 Å². The highest BCUT2D eigenvalue weighted by molar-refractivity contribution is 6.08. The van der Waals surface area contributed by atoms with Crippen LogP contribution in [0.2, 0.25) is 0 Å². The maximum Gasteiger partial charge on any atom is 0.211 e. The summed E-state index contributed by atoms with van der Waals surface area (Å²) < 4.78 is 1.78. The Morgan fingerprint density at radius 3 is 2.72 bits per heavy atom. The summed E-state index contributed by atoms with van der Waals surface area (Å²) in [6.45, 7) is 6.86. The van der Waals surface area contributed by atoms with Crippen LogP contribution in [0.4, 0.5) is 0 Å². The van der Waals surface area contributed by atoms with E-state index in [2.05, 4.69) is 12.0 Å². The van der Waals surface area contributed by atoms with E-state index < -0.39 is 0 Å². The summed E-state index contributed by atoms with van der Waals surface area (Å²) in [7, 11) is 0. The van der Waals surface area contributed by atoms with Crippen LogP contribution in [0.3, 0.4) is 0 Å². The maximum atomic E-state index is 12.5. The SMILES string of the molecule is CCCn1nccc1C(=O)c1ccc(C)cc1C. The smallest absolute Gasteiger partial charge is 0.211 e. The second kappa shape index (κ2) is 5.17. The molecule has 0 bridgehead atoms. The fourth-order valence-corrected chi connectivity index (χ4v) is 2.12. The Balaban J connectivity index is 2.38. The highest BCUT2D eigenvalue weighted by atomic mass is 16.1. The van der Waals surface area contributed by atoms with Crippen LogP contribution in [0.15, 0.2) is 30.5 Å². The number of aryl methyl sites for hydroxylation is 3. The molecule has 0 radical (unpaired) electrons. The third-order valence-corrected chi connectivity index (χ3v) is 3.01. The van der Waals surface area contributed by atoms with Gasteiger partial charge in [-0.05, 0) is 31.9 Å². The molecule has 0 saturated heterocycles. The zero-order valence-electron chi connectivity index (χ0n) is 11.1. The molecule has 3 heteroatoms. The standard InChI is InChI=1S/C15H18N2O/c1-4-9-17-14(7-8-16-17)15(18)13-6-5-11(2)10-12(13)3/h5-8,10H,4,9H2,1-3H3. The Bertz CT molecular complexity index is 570. The first-order chi connectivity index (χ1) is 8.63. The van der Waals surface area contributed by atoms with Crippen molar-refractivity contribution in [3.8, 4) is 0 Å². The van der Waals surface area contributed by atoms with Gasteiger partial charge < -0.3 is 0 Å². The van der Waals surface area contributed by atoms with Crippen molar-refractivity contribution in [3.05, 3.63) is 52.8 Å². The summed E-state index contributed by atoms with van der Waals surface area (Å²) in [5.41, 5.74) is 3.62. The normalized spacial score (nSPS) is 10.6. The van der Waals surface area contributed by atoms with E-state index in [1.807, 2.05) is 32.0 Å². The third-order valence-electron chi connectivity index (χ3n) is 3.01. The Labute approximate surface area is 107 Å². The summed E-state index contributed by atoms with van der Waals surface area (Å²) in [5.74, 6) is 0.0541. The molecule has 2 aromatic rings. The van der Waals surface area contributed by atoms with Gasteiger partial charge in [0.05, 0.1) is 0 Å². The van der Waals surface area contributed by atoms with Gasteiger partial charge in [-0.1, -0.05) is 30.7 Å². The first-order valence-electron chi connectivity index (χ1n) is 6.27. The molecule has 18 heavy (non-hydrogen) atoms. The lowest BCUT2D eigenvalue weighted by Crippen LogP contribution is -2.12. The highest BCUT2D eigenvalue weighted by Gasteiger charge is 2.15. The minimum absolute atomic E-state index is 0.0541.